The Balaban J connectivity index is 1.36. The first kappa shape index (κ1) is 27.5. The molecule has 0 atom stereocenters. The zero-order valence-corrected chi connectivity index (χ0v) is 23.5. The van der Waals surface area contributed by atoms with Crippen LogP contribution in [0, 0.1) is 0 Å². The number of carbonyl (C=O) groups is 1. The Morgan fingerprint density at radius 1 is 1.07 bits per heavy atom. The van der Waals surface area contributed by atoms with Gasteiger partial charge in [0.2, 0.25) is 0 Å². The Morgan fingerprint density at radius 2 is 1.98 bits per heavy atom. The van der Waals surface area contributed by atoms with Crippen molar-refractivity contribution in [1.29, 1.82) is 0 Å². The van der Waals surface area contributed by atoms with Crippen molar-refractivity contribution in [2.75, 3.05) is 7.11 Å². The second kappa shape index (κ2) is 12.9. The normalized spacial score (nSPS) is 15.5. The number of benzene rings is 2. The highest BCUT2D eigenvalue weighted by atomic mass is 35.5. The predicted molar refractivity (Wildman–Crippen MR) is 158 cm³/mol. The summed E-state index contributed by atoms with van der Waals surface area (Å²) in [6.45, 7) is 0.461. The highest BCUT2D eigenvalue weighted by Gasteiger charge is 2.34. The van der Waals surface area contributed by atoms with Crippen molar-refractivity contribution < 1.29 is 18.7 Å². The standard InChI is InChI=1S/C29H22Cl2N4O4S/c1-37-26-12-19(6-9-25(26)39-18-21-7-8-22(30)14-24(21)31)13-27-28(36)35(17-23-5-3-11-38-23)29(40-27)34-33-16-20-4-2-10-32-15-20/h2-16H,17-18H2,1H3/b27-13-,33-16+,34-29-. The van der Waals surface area contributed by atoms with Gasteiger partial charge < -0.3 is 13.9 Å². The van der Waals surface area contributed by atoms with Gasteiger partial charge in [0, 0.05) is 33.6 Å². The number of amides is 1. The third-order valence-electron chi connectivity index (χ3n) is 5.70. The van der Waals surface area contributed by atoms with Crippen LogP contribution in [0.15, 0.2) is 98.8 Å². The van der Waals surface area contributed by atoms with Crippen LogP contribution in [-0.4, -0.2) is 34.3 Å². The van der Waals surface area contributed by atoms with Crippen molar-refractivity contribution in [3.63, 3.8) is 0 Å². The Kier molecular flexibility index (Phi) is 8.85. The minimum atomic E-state index is -0.214. The van der Waals surface area contributed by atoms with Gasteiger partial charge in [-0.05, 0) is 65.9 Å². The molecule has 1 saturated heterocycles. The number of rotatable bonds is 9. The van der Waals surface area contributed by atoms with Crippen molar-refractivity contribution >= 4 is 58.3 Å². The molecule has 1 amide bonds. The summed E-state index contributed by atoms with van der Waals surface area (Å²) in [6, 6.07) is 17.9. The van der Waals surface area contributed by atoms with Gasteiger partial charge in [-0.1, -0.05) is 41.4 Å². The maximum atomic E-state index is 13.4. The predicted octanol–water partition coefficient (Wildman–Crippen LogP) is 7.08. The highest BCUT2D eigenvalue weighted by molar-refractivity contribution is 8.18. The van der Waals surface area contributed by atoms with Gasteiger partial charge in [0.05, 0.1) is 31.0 Å². The summed E-state index contributed by atoms with van der Waals surface area (Å²) < 4.78 is 17.0. The zero-order valence-electron chi connectivity index (χ0n) is 21.2. The molecule has 2 aromatic carbocycles. The number of pyridine rings is 1. The monoisotopic (exact) mass is 592 g/mol. The lowest BCUT2D eigenvalue weighted by Crippen LogP contribution is -2.28. The second-order valence-corrected chi connectivity index (χ2v) is 10.3. The summed E-state index contributed by atoms with van der Waals surface area (Å²) in [5.74, 6) is 1.46. The fourth-order valence-electron chi connectivity index (χ4n) is 3.72. The molecular formula is C29H22Cl2N4O4S. The van der Waals surface area contributed by atoms with Crippen LogP contribution in [0.1, 0.15) is 22.5 Å². The quantitative estimate of drug-likeness (QED) is 0.117. The summed E-state index contributed by atoms with van der Waals surface area (Å²) >= 11 is 13.5. The second-order valence-electron chi connectivity index (χ2n) is 8.43. The van der Waals surface area contributed by atoms with Crippen molar-refractivity contribution in [3.05, 3.63) is 117 Å². The number of furan rings is 1. The Labute approximate surface area is 244 Å². The van der Waals surface area contributed by atoms with E-state index in [-0.39, 0.29) is 19.1 Å². The minimum Gasteiger partial charge on any atom is -0.493 e. The number of carbonyl (C=O) groups excluding carboxylic acids is 1. The molecule has 0 unspecified atom stereocenters. The summed E-state index contributed by atoms with van der Waals surface area (Å²) in [4.78, 5) is 19.5. The Hall–Kier alpha value is -4.05. The molecule has 4 aromatic rings. The molecule has 1 aliphatic rings. The lowest BCUT2D eigenvalue weighted by Gasteiger charge is -2.13. The van der Waals surface area contributed by atoms with E-state index >= 15 is 0 Å². The molecule has 0 aliphatic carbocycles. The highest BCUT2D eigenvalue weighted by Crippen LogP contribution is 2.36. The average Bonchev–Trinajstić information content (AvgIpc) is 3.58. The van der Waals surface area contributed by atoms with Gasteiger partial charge in [0.1, 0.15) is 12.4 Å². The average molecular weight is 593 g/mol. The summed E-state index contributed by atoms with van der Waals surface area (Å²) in [6.07, 6.45) is 8.28. The van der Waals surface area contributed by atoms with Gasteiger partial charge in [-0.25, -0.2) is 0 Å². The number of aromatic nitrogens is 1. The molecule has 1 fully saturated rings. The number of hydrogen-bond donors (Lipinski definition) is 0. The van der Waals surface area contributed by atoms with Crippen LogP contribution >= 0.6 is 35.0 Å². The molecule has 0 bridgehead atoms. The fourth-order valence-corrected chi connectivity index (χ4v) is 5.11. The van der Waals surface area contributed by atoms with Gasteiger partial charge in [0.15, 0.2) is 16.7 Å². The van der Waals surface area contributed by atoms with Gasteiger partial charge in [0.25, 0.3) is 5.91 Å². The topological polar surface area (TPSA) is 89.5 Å². The lowest BCUT2D eigenvalue weighted by atomic mass is 10.1. The van der Waals surface area contributed by atoms with Gasteiger partial charge in [-0.3, -0.25) is 14.7 Å². The van der Waals surface area contributed by atoms with Crippen molar-refractivity contribution in [2.45, 2.75) is 13.2 Å². The largest absolute Gasteiger partial charge is 0.493 e. The number of methoxy groups -OCH3 is 1. The van der Waals surface area contributed by atoms with Crippen LogP contribution < -0.4 is 9.47 Å². The van der Waals surface area contributed by atoms with Crippen LogP contribution in [-0.2, 0) is 17.9 Å². The molecule has 0 N–H and O–H groups in total. The number of halogens is 2. The zero-order chi connectivity index (χ0) is 27.9. The smallest absolute Gasteiger partial charge is 0.267 e. The van der Waals surface area contributed by atoms with Crippen LogP contribution in [0.25, 0.3) is 6.08 Å². The molecule has 1 aliphatic heterocycles. The SMILES string of the molecule is COc1cc(/C=C2\S/C(=N\N=C\c3cccnc3)N(Cc3ccco3)C2=O)ccc1OCc1ccc(Cl)cc1Cl. The Bertz CT molecular complexity index is 1590. The fraction of sp³-hybridized carbons (Fsp3) is 0.103. The van der Waals surface area contributed by atoms with E-state index in [1.54, 1.807) is 74.5 Å². The first-order valence-corrected chi connectivity index (χ1v) is 13.6. The van der Waals surface area contributed by atoms with E-state index in [2.05, 4.69) is 15.2 Å². The van der Waals surface area contributed by atoms with Crippen molar-refractivity contribution in [3.8, 4) is 11.5 Å². The molecule has 8 nitrogen and oxygen atoms in total. The molecule has 40 heavy (non-hydrogen) atoms. The molecule has 0 saturated carbocycles. The first-order chi connectivity index (χ1) is 19.5. The molecule has 0 spiro atoms. The number of hydrogen-bond acceptors (Lipinski definition) is 8. The lowest BCUT2D eigenvalue weighted by molar-refractivity contribution is -0.122. The van der Waals surface area contributed by atoms with E-state index in [1.165, 1.54) is 16.7 Å². The summed E-state index contributed by atoms with van der Waals surface area (Å²) in [5.41, 5.74) is 2.34. The van der Waals surface area contributed by atoms with E-state index < -0.39 is 0 Å². The van der Waals surface area contributed by atoms with Crippen LogP contribution in [0.5, 0.6) is 11.5 Å². The number of nitrogens with zero attached hydrogens (tertiary/aromatic N) is 4. The molecule has 2 aromatic heterocycles. The summed E-state index contributed by atoms with van der Waals surface area (Å²) in [5, 5.41) is 9.99. The molecule has 5 rings (SSSR count). The number of thioether (sulfide) groups is 1. The molecular weight excluding hydrogens is 571 g/mol. The maximum Gasteiger partial charge on any atom is 0.267 e. The summed E-state index contributed by atoms with van der Waals surface area (Å²) in [7, 11) is 1.56. The van der Waals surface area contributed by atoms with E-state index in [0.29, 0.717) is 37.4 Å². The van der Waals surface area contributed by atoms with Crippen molar-refractivity contribution in [1.82, 2.24) is 9.88 Å². The Morgan fingerprint density at radius 3 is 2.73 bits per heavy atom. The van der Waals surface area contributed by atoms with Gasteiger partial charge in [-0.15, -0.1) is 5.10 Å². The number of ether oxygens (including phenoxy) is 2. The van der Waals surface area contributed by atoms with Crippen LogP contribution in [0.3, 0.4) is 0 Å². The molecule has 11 heteroatoms. The van der Waals surface area contributed by atoms with Gasteiger partial charge in [-0.2, -0.15) is 5.10 Å². The van der Waals surface area contributed by atoms with E-state index in [4.69, 9.17) is 37.1 Å². The van der Waals surface area contributed by atoms with Crippen molar-refractivity contribution in [2.24, 2.45) is 10.2 Å². The number of amidine groups is 1. The minimum absolute atomic E-state index is 0.214. The third-order valence-corrected chi connectivity index (χ3v) is 7.28. The van der Waals surface area contributed by atoms with Gasteiger partial charge >= 0.3 is 0 Å². The van der Waals surface area contributed by atoms with E-state index in [0.717, 1.165) is 16.7 Å². The molecule has 0 radical (unpaired) electrons. The van der Waals surface area contributed by atoms with E-state index in [1.807, 2.05) is 24.3 Å². The first-order valence-electron chi connectivity index (χ1n) is 12.0. The molecule has 202 valence electrons. The maximum absolute atomic E-state index is 13.4. The third kappa shape index (κ3) is 6.74. The molecule has 3 heterocycles. The van der Waals surface area contributed by atoms with E-state index in [9.17, 15) is 4.79 Å². The van der Waals surface area contributed by atoms with Crippen LogP contribution in [0.2, 0.25) is 10.0 Å². The van der Waals surface area contributed by atoms with Crippen LogP contribution in [0.4, 0.5) is 0 Å².